The molecule has 1 aliphatic rings. The van der Waals surface area contributed by atoms with Crippen molar-refractivity contribution in [2.45, 2.75) is 25.8 Å². The van der Waals surface area contributed by atoms with Crippen LogP contribution in [0.25, 0.3) is 0 Å². The van der Waals surface area contributed by atoms with E-state index in [2.05, 4.69) is 24.2 Å². The van der Waals surface area contributed by atoms with E-state index in [1.54, 1.807) is 0 Å². The molecule has 0 spiro atoms. The fraction of sp³-hybridized carbons (Fsp3) is 0.875. The Morgan fingerprint density at radius 1 is 1.70 bits per heavy atom. The zero-order valence-corrected chi connectivity index (χ0v) is 6.77. The van der Waals surface area contributed by atoms with Gasteiger partial charge in [-0.15, -0.1) is 0 Å². The molecule has 1 atom stereocenters. The molecule has 1 aliphatic heterocycles. The first-order valence-corrected chi connectivity index (χ1v) is 4.12. The van der Waals surface area contributed by atoms with E-state index in [1.807, 2.05) is 0 Å². The minimum absolute atomic E-state index is 0.752. The van der Waals surface area contributed by atoms with Crippen molar-refractivity contribution in [3.8, 4) is 0 Å². The minimum Gasteiger partial charge on any atom is -0.314 e. The Hall–Kier alpha value is -0.0800. The first-order valence-electron chi connectivity index (χ1n) is 4.12. The molecule has 0 bridgehead atoms. The normalized spacial score (nSPS) is 27.6. The van der Waals surface area contributed by atoms with Crippen LogP contribution in [0, 0.1) is 7.05 Å². The van der Waals surface area contributed by atoms with Gasteiger partial charge in [-0.2, -0.15) is 0 Å². The third kappa shape index (κ3) is 1.70. The van der Waals surface area contributed by atoms with E-state index in [-0.39, 0.29) is 0 Å². The van der Waals surface area contributed by atoms with Crippen molar-refractivity contribution in [1.29, 1.82) is 0 Å². The Bertz CT molecular complexity index is 93.3. The number of rotatable bonds is 3. The molecule has 2 nitrogen and oxygen atoms in total. The molecule has 1 fully saturated rings. The van der Waals surface area contributed by atoms with Gasteiger partial charge in [-0.25, -0.2) is 0 Å². The van der Waals surface area contributed by atoms with Gasteiger partial charge in [0.15, 0.2) is 0 Å². The van der Waals surface area contributed by atoms with E-state index in [9.17, 15) is 0 Å². The molecule has 0 aromatic heterocycles. The van der Waals surface area contributed by atoms with E-state index < -0.39 is 0 Å². The van der Waals surface area contributed by atoms with Gasteiger partial charge >= 0.3 is 0 Å². The van der Waals surface area contributed by atoms with Gasteiger partial charge in [0.05, 0.1) is 0 Å². The molecule has 1 radical (unpaired) electrons. The van der Waals surface area contributed by atoms with Crippen LogP contribution in [-0.2, 0) is 0 Å². The molecule has 1 saturated heterocycles. The lowest BCUT2D eigenvalue weighted by Crippen LogP contribution is -2.35. The molecule has 0 aromatic rings. The van der Waals surface area contributed by atoms with Crippen molar-refractivity contribution < 1.29 is 0 Å². The van der Waals surface area contributed by atoms with Crippen molar-refractivity contribution in [2.75, 3.05) is 19.6 Å². The van der Waals surface area contributed by atoms with Crippen LogP contribution < -0.4 is 5.32 Å². The second-order valence-electron chi connectivity index (χ2n) is 2.88. The maximum atomic E-state index is 3.64. The van der Waals surface area contributed by atoms with Crippen LogP contribution in [0.4, 0.5) is 0 Å². The molecule has 0 saturated carbocycles. The van der Waals surface area contributed by atoms with E-state index in [0.717, 1.165) is 12.6 Å². The van der Waals surface area contributed by atoms with Crippen LogP contribution in [0.5, 0.6) is 0 Å². The van der Waals surface area contributed by atoms with Crippen LogP contribution in [0.3, 0.4) is 0 Å². The summed E-state index contributed by atoms with van der Waals surface area (Å²) in [6.45, 7) is 5.74. The van der Waals surface area contributed by atoms with Gasteiger partial charge in [-0.05, 0) is 25.9 Å². The summed E-state index contributed by atoms with van der Waals surface area (Å²) >= 11 is 0. The van der Waals surface area contributed by atoms with Crippen molar-refractivity contribution in [3.05, 3.63) is 7.05 Å². The highest BCUT2D eigenvalue weighted by Crippen LogP contribution is 2.15. The lowest BCUT2D eigenvalue weighted by atomic mass is 10.2. The zero-order valence-electron chi connectivity index (χ0n) is 6.77. The van der Waals surface area contributed by atoms with E-state index in [4.69, 9.17) is 0 Å². The molecule has 0 aliphatic carbocycles. The third-order valence-electron chi connectivity index (χ3n) is 2.29. The maximum Gasteiger partial charge on any atom is 0.0221 e. The van der Waals surface area contributed by atoms with Gasteiger partial charge in [-0.1, -0.05) is 6.92 Å². The van der Waals surface area contributed by atoms with E-state index in [1.165, 1.54) is 25.9 Å². The largest absolute Gasteiger partial charge is 0.314 e. The molecule has 2 heteroatoms. The second kappa shape index (κ2) is 3.94. The molecule has 10 heavy (non-hydrogen) atoms. The number of likely N-dealkylation sites (N-methyl/N-ethyl adjacent to an activating group) is 1. The summed E-state index contributed by atoms with van der Waals surface area (Å²) in [5.74, 6) is 0. The summed E-state index contributed by atoms with van der Waals surface area (Å²) in [6.07, 6.45) is 2.70. The fourth-order valence-electron chi connectivity index (χ4n) is 1.71. The molecule has 1 rings (SSSR count). The predicted octanol–water partition coefficient (Wildman–Crippen LogP) is 0.852. The van der Waals surface area contributed by atoms with Crippen molar-refractivity contribution in [2.24, 2.45) is 0 Å². The summed E-state index contributed by atoms with van der Waals surface area (Å²) in [4.78, 5) is 2.51. The number of nitrogens with one attached hydrogen (secondary N) is 1. The fourth-order valence-corrected chi connectivity index (χ4v) is 1.71. The average molecular weight is 141 g/mol. The van der Waals surface area contributed by atoms with Gasteiger partial charge in [0.1, 0.15) is 0 Å². The van der Waals surface area contributed by atoms with Crippen LogP contribution in [0.15, 0.2) is 0 Å². The Morgan fingerprint density at radius 2 is 2.50 bits per heavy atom. The molecule has 1 heterocycles. The topological polar surface area (TPSA) is 15.3 Å². The second-order valence-corrected chi connectivity index (χ2v) is 2.88. The quantitative estimate of drug-likeness (QED) is 0.627. The molecule has 1 unspecified atom stereocenters. The van der Waals surface area contributed by atoms with Gasteiger partial charge in [-0.3, -0.25) is 4.90 Å². The molecule has 1 N–H and O–H groups in total. The lowest BCUT2D eigenvalue weighted by molar-refractivity contribution is 0.265. The Kier molecular flexibility index (Phi) is 3.16. The highest BCUT2D eigenvalue weighted by atomic mass is 15.2. The van der Waals surface area contributed by atoms with E-state index >= 15 is 0 Å². The summed E-state index contributed by atoms with van der Waals surface area (Å²) in [5, 5.41) is 2.98. The van der Waals surface area contributed by atoms with Crippen molar-refractivity contribution in [3.63, 3.8) is 0 Å². The molecule has 0 amide bonds. The summed E-state index contributed by atoms with van der Waals surface area (Å²) in [7, 11) is 3.64. The van der Waals surface area contributed by atoms with Gasteiger partial charge in [0, 0.05) is 19.6 Å². The average Bonchev–Trinajstić information content (AvgIpc) is 2.36. The van der Waals surface area contributed by atoms with E-state index in [0.29, 0.717) is 0 Å². The highest BCUT2D eigenvalue weighted by molar-refractivity contribution is 4.79. The van der Waals surface area contributed by atoms with Crippen molar-refractivity contribution in [1.82, 2.24) is 10.2 Å². The standard InChI is InChI=1S/C8H17N2/c1-3-10-6-4-5-8(10)7-9-2/h8-9H,2-7H2,1H3. The van der Waals surface area contributed by atoms with Crippen LogP contribution in [0.2, 0.25) is 0 Å². The smallest absolute Gasteiger partial charge is 0.0221 e. The molecular formula is C8H17N2. The lowest BCUT2D eigenvalue weighted by Gasteiger charge is -2.21. The SMILES string of the molecule is [CH2]NCC1CCCN1CC. The zero-order chi connectivity index (χ0) is 7.40. The molecule has 0 aromatic carbocycles. The summed E-state index contributed by atoms with van der Waals surface area (Å²) < 4.78 is 0. The van der Waals surface area contributed by atoms with Crippen LogP contribution in [0.1, 0.15) is 19.8 Å². The maximum absolute atomic E-state index is 3.64. The van der Waals surface area contributed by atoms with Gasteiger partial charge in [0.2, 0.25) is 0 Å². The number of nitrogens with zero attached hydrogens (tertiary/aromatic N) is 1. The first kappa shape index (κ1) is 8.02. The Labute approximate surface area is 63.6 Å². The van der Waals surface area contributed by atoms with Crippen molar-refractivity contribution >= 4 is 0 Å². The number of likely N-dealkylation sites (tertiary alicyclic amines) is 1. The van der Waals surface area contributed by atoms with Crippen LogP contribution >= 0.6 is 0 Å². The number of hydrogen-bond donors (Lipinski definition) is 1. The van der Waals surface area contributed by atoms with Gasteiger partial charge in [0.25, 0.3) is 0 Å². The number of hydrogen-bond acceptors (Lipinski definition) is 2. The van der Waals surface area contributed by atoms with Crippen LogP contribution in [-0.4, -0.2) is 30.6 Å². The predicted molar refractivity (Wildman–Crippen MR) is 43.6 cm³/mol. The summed E-state index contributed by atoms with van der Waals surface area (Å²) in [6, 6.07) is 0.752. The monoisotopic (exact) mass is 141 g/mol. The molecular weight excluding hydrogens is 124 g/mol. The Morgan fingerprint density at radius 3 is 3.10 bits per heavy atom. The Balaban J connectivity index is 2.27. The minimum atomic E-state index is 0.752. The first-order chi connectivity index (χ1) is 4.88. The molecule has 59 valence electrons. The third-order valence-corrected chi connectivity index (χ3v) is 2.29. The van der Waals surface area contributed by atoms with Gasteiger partial charge < -0.3 is 5.32 Å². The highest BCUT2D eigenvalue weighted by Gasteiger charge is 2.21. The summed E-state index contributed by atoms with van der Waals surface area (Å²) in [5.41, 5.74) is 0.